The third-order valence-electron chi connectivity index (χ3n) is 4.69. The number of carbonyl (C=O) groups is 1. The van der Waals surface area contributed by atoms with Crippen molar-refractivity contribution in [3.05, 3.63) is 59.7 Å². The number of benzene rings is 2. The first-order valence-corrected chi connectivity index (χ1v) is 10.5. The van der Waals surface area contributed by atoms with E-state index in [1.807, 2.05) is 12.1 Å². The van der Waals surface area contributed by atoms with E-state index < -0.39 is 10.0 Å². The number of amides is 1. The van der Waals surface area contributed by atoms with Gasteiger partial charge in [0, 0.05) is 24.3 Å². The molecular weight excluding hydrogens is 348 g/mol. The fourth-order valence-electron chi connectivity index (χ4n) is 3.06. The molecule has 1 fully saturated rings. The number of hydrogen-bond acceptors (Lipinski definition) is 3. The minimum Gasteiger partial charge on any atom is -0.322 e. The summed E-state index contributed by atoms with van der Waals surface area (Å²) >= 11 is 0. The number of nitrogens with one attached hydrogen (secondary N) is 1. The van der Waals surface area contributed by atoms with Crippen molar-refractivity contribution in [3.8, 4) is 0 Å². The summed E-state index contributed by atoms with van der Waals surface area (Å²) < 4.78 is 26.8. The predicted molar refractivity (Wildman–Crippen MR) is 103 cm³/mol. The predicted octanol–water partition coefficient (Wildman–Crippen LogP) is 3.68. The van der Waals surface area contributed by atoms with Crippen molar-refractivity contribution in [1.29, 1.82) is 0 Å². The zero-order valence-electron chi connectivity index (χ0n) is 14.9. The van der Waals surface area contributed by atoms with E-state index in [0.29, 0.717) is 24.3 Å². The topological polar surface area (TPSA) is 66.5 Å². The molecule has 0 radical (unpaired) electrons. The van der Waals surface area contributed by atoms with E-state index in [0.717, 1.165) is 25.7 Å². The molecule has 2 aromatic rings. The highest BCUT2D eigenvalue weighted by Gasteiger charge is 2.25. The third-order valence-corrected chi connectivity index (χ3v) is 6.60. The molecule has 1 aliphatic heterocycles. The molecule has 0 aromatic heterocycles. The Morgan fingerprint density at radius 3 is 2.15 bits per heavy atom. The molecule has 0 saturated carbocycles. The average molecular weight is 372 g/mol. The largest absolute Gasteiger partial charge is 0.322 e. The van der Waals surface area contributed by atoms with Crippen LogP contribution in [0.15, 0.2) is 53.4 Å². The van der Waals surface area contributed by atoms with Crippen LogP contribution >= 0.6 is 0 Å². The van der Waals surface area contributed by atoms with Gasteiger partial charge in [-0.1, -0.05) is 25.5 Å². The van der Waals surface area contributed by atoms with Crippen LogP contribution in [0.1, 0.15) is 42.1 Å². The van der Waals surface area contributed by atoms with Crippen molar-refractivity contribution in [2.45, 2.75) is 37.5 Å². The van der Waals surface area contributed by atoms with Gasteiger partial charge in [0.1, 0.15) is 0 Å². The Balaban J connectivity index is 1.69. The minimum atomic E-state index is -3.45. The summed E-state index contributed by atoms with van der Waals surface area (Å²) in [6, 6.07) is 13.8. The quantitative estimate of drug-likeness (QED) is 0.871. The van der Waals surface area contributed by atoms with Gasteiger partial charge in [0.05, 0.1) is 4.90 Å². The number of rotatable bonds is 5. The van der Waals surface area contributed by atoms with Crippen LogP contribution in [0.4, 0.5) is 5.69 Å². The molecule has 1 heterocycles. The summed E-state index contributed by atoms with van der Waals surface area (Å²) in [6.45, 7) is 3.22. The molecule has 5 nitrogen and oxygen atoms in total. The lowest BCUT2D eigenvalue weighted by atomic mass is 10.1. The lowest BCUT2D eigenvalue weighted by Gasteiger charge is -2.25. The molecular formula is C20H24N2O3S. The molecule has 0 unspecified atom stereocenters. The summed E-state index contributed by atoms with van der Waals surface area (Å²) in [5, 5.41) is 2.81. The third kappa shape index (κ3) is 4.14. The van der Waals surface area contributed by atoms with E-state index in [-0.39, 0.29) is 10.8 Å². The monoisotopic (exact) mass is 372 g/mol. The number of piperidine rings is 1. The Hall–Kier alpha value is -2.18. The SMILES string of the molecule is CCc1ccc(C(=O)Nc2ccc(S(=O)(=O)N3CCCCC3)cc2)cc1. The molecule has 1 N–H and O–H groups in total. The highest BCUT2D eigenvalue weighted by atomic mass is 32.2. The van der Waals surface area contributed by atoms with Crippen molar-refractivity contribution >= 4 is 21.6 Å². The summed E-state index contributed by atoms with van der Waals surface area (Å²) in [7, 11) is -3.45. The maximum absolute atomic E-state index is 12.6. The minimum absolute atomic E-state index is 0.209. The second-order valence-corrected chi connectivity index (χ2v) is 8.43. The number of anilines is 1. The summed E-state index contributed by atoms with van der Waals surface area (Å²) in [4.78, 5) is 12.6. The summed E-state index contributed by atoms with van der Waals surface area (Å²) in [5.74, 6) is -0.209. The molecule has 2 aromatic carbocycles. The van der Waals surface area contributed by atoms with Crippen LogP contribution in [0, 0.1) is 0 Å². The second kappa shape index (κ2) is 8.01. The van der Waals surface area contributed by atoms with Crippen LogP contribution in [0.5, 0.6) is 0 Å². The molecule has 0 spiro atoms. The highest BCUT2D eigenvalue weighted by molar-refractivity contribution is 7.89. The van der Waals surface area contributed by atoms with Gasteiger partial charge in [-0.3, -0.25) is 4.79 Å². The smallest absolute Gasteiger partial charge is 0.255 e. The Labute approximate surface area is 155 Å². The normalized spacial score (nSPS) is 15.6. The lowest BCUT2D eigenvalue weighted by molar-refractivity contribution is 0.102. The lowest BCUT2D eigenvalue weighted by Crippen LogP contribution is -2.35. The van der Waals surface area contributed by atoms with Crippen LogP contribution in [-0.4, -0.2) is 31.7 Å². The van der Waals surface area contributed by atoms with Gasteiger partial charge in [0.15, 0.2) is 0 Å². The van der Waals surface area contributed by atoms with Gasteiger partial charge in [-0.05, 0) is 61.2 Å². The first kappa shape index (κ1) is 18.6. The Morgan fingerprint density at radius 1 is 0.962 bits per heavy atom. The van der Waals surface area contributed by atoms with Crippen molar-refractivity contribution in [2.75, 3.05) is 18.4 Å². The maximum atomic E-state index is 12.6. The number of aryl methyl sites for hydroxylation is 1. The Morgan fingerprint density at radius 2 is 1.58 bits per heavy atom. The molecule has 1 saturated heterocycles. The second-order valence-electron chi connectivity index (χ2n) is 6.49. The fourth-order valence-corrected chi connectivity index (χ4v) is 4.58. The molecule has 0 aliphatic carbocycles. The van der Waals surface area contributed by atoms with E-state index in [2.05, 4.69) is 12.2 Å². The van der Waals surface area contributed by atoms with Crippen LogP contribution in [0.2, 0.25) is 0 Å². The van der Waals surface area contributed by atoms with E-state index >= 15 is 0 Å². The summed E-state index contributed by atoms with van der Waals surface area (Å²) in [5.41, 5.74) is 2.33. The molecule has 0 atom stereocenters. The van der Waals surface area contributed by atoms with Gasteiger partial charge >= 0.3 is 0 Å². The van der Waals surface area contributed by atoms with Gasteiger partial charge in [0.2, 0.25) is 10.0 Å². The molecule has 6 heteroatoms. The van der Waals surface area contributed by atoms with Gasteiger partial charge in [-0.25, -0.2) is 8.42 Å². The zero-order valence-corrected chi connectivity index (χ0v) is 15.8. The molecule has 3 rings (SSSR count). The Bertz CT molecular complexity index is 853. The molecule has 138 valence electrons. The number of carbonyl (C=O) groups excluding carboxylic acids is 1. The van der Waals surface area contributed by atoms with Crippen LogP contribution in [-0.2, 0) is 16.4 Å². The Kier molecular flexibility index (Phi) is 5.74. The zero-order chi connectivity index (χ0) is 18.6. The van der Waals surface area contributed by atoms with Gasteiger partial charge in [0.25, 0.3) is 5.91 Å². The van der Waals surface area contributed by atoms with Gasteiger partial charge in [-0.2, -0.15) is 4.31 Å². The summed E-state index contributed by atoms with van der Waals surface area (Å²) in [6.07, 6.45) is 3.82. The first-order valence-electron chi connectivity index (χ1n) is 9.01. The van der Waals surface area contributed by atoms with E-state index in [9.17, 15) is 13.2 Å². The molecule has 1 amide bonds. The van der Waals surface area contributed by atoms with Crippen molar-refractivity contribution in [3.63, 3.8) is 0 Å². The van der Waals surface area contributed by atoms with E-state index in [1.165, 1.54) is 5.56 Å². The maximum Gasteiger partial charge on any atom is 0.255 e. The standard InChI is InChI=1S/C20H24N2O3S/c1-2-16-6-8-17(9-7-16)20(23)21-18-10-12-19(13-11-18)26(24,25)22-14-4-3-5-15-22/h6-13H,2-5,14-15H2,1H3,(H,21,23). The van der Waals surface area contributed by atoms with Crippen LogP contribution in [0.25, 0.3) is 0 Å². The van der Waals surface area contributed by atoms with Crippen molar-refractivity contribution in [2.24, 2.45) is 0 Å². The molecule has 1 aliphatic rings. The van der Waals surface area contributed by atoms with Crippen LogP contribution in [0.3, 0.4) is 0 Å². The van der Waals surface area contributed by atoms with E-state index in [4.69, 9.17) is 0 Å². The van der Waals surface area contributed by atoms with Crippen molar-refractivity contribution in [1.82, 2.24) is 4.31 Å². The average Bonchev–Trinajstić information content (AvgIpc) is 2.69. The van der Waals surface area contributed by atoms with Gasteiger partial charge < -0.3 is 5.32 Å². The molecule has 26 heavy (non-hydrogen) atoms. The number of hydrogen-bond donors (Lipinski definition) is 1. The van der Waals surface area contributed by atoms with E-state index in [1.54, 1.807) is 40.7 Å². The fraction of sp³-hybridized carbons (Fsp3) is 0.350. The van der Waals surface area contributed by atoms with Gasteiger partial charge in [-0.15, -0.1) is 0 Å². The highest BCUT2D eigenvalue weighted by Crippen LogP contribution is 2.22. The number of sulfonamides is 1. The van der Waals surface area contributed by atoms with Crippen molar-refractivity contribution < 1.29 is 13.2 Å². The first-order chi connectivity index (χ1) is 12.5. The number of nitrogens with zero attached hydrogens (tertiary/aromatic N) is 1. The molecule has 0 bridgehead atoms. The van der Waals surface area contributed by atoms with Crippen LogP contribution < -0.4 is 5.32 Å².